The van der Waals surface area contributed by atoms with Gasteiger partial charge in [0.2, 0.25) is 11.2 Å². The maximum atomic E-state index is 5.81. The molecule has 0 aliphatic carbocycles. The molecule has 94 valence electrons. The van der Waals surface area contributed by atoms with Gasteiger partial charge in [-0.2, -0.15) is 4.98 Å². The van der Waals surface area contributed by atoms with E-state index >= 15 is 0 Å². The van der Waals surface area contributed by atoms with Crippen molar-refractivity contribution in [1.82, 2.24) is 15.0 Å². The molecule has 1 aromatic carbocycles. The third kappa shape index (κ3) is 2.35. The molecule has 0 saturated heterocycles. The van der Waals surface area contributed by atoms with E-state index in [-0.39, 0.29) is 5.28 Å². The first kappa shape index (κ1) is 11.9. The summed E-state index contributed by atoms with van der Waals surface area (Å²) in [5.74, 6) is 1.09. The summed E-state index contributed by atoms with van der Waals surface area (Å²) in [6.45, 7) is 1.87. The Morgan fingerprint density at radius 2 is 1.95 bits per heavy atom. The van der Waals surface area contributed by atoms with Gasteiger partial charge >= 0.3 is 0 Å². The predicted octanol–water partition coefficient (Wildman–Crippen LogP) is 3.78. The number of aromatic nitrogens is 3. The van der Waals surface area contributed by atoms with Crippen LogP contribution in [0, 0.1) is 6.92 Å². The third-order valence-corrected chi connectivity index (χ3v) is 2.88. The van der Waals surface area contributed by atoms with Gasteiger partial charge in [-0.05, 0) is 30.7 Å². The highest BCUT2D eigenvalue weighted by Gasteiger charge is 2.08. The summed E-state index contributed by atoms with van der Waals surface area (Å²) < 4.78 is 5.81. The number of ether oxygens (including phenoxy) is 1. The number of fused-ring (bicyclic) bond motifs is 1. The minimum atomic E-state index is 0.161. The van der Waals surface area contributed by atoms with Crippen molar-refractivity contribution in [2.45, 2.75) is 6.92 Å². The molecule has 0 aliphatic heterocycles. The monoisotopic (exact) mass is 271 g/mol. The minimum absolute atomic E-state index is 0.161. The fourth-order valence-corrected chi connectivity index (χ4v) is 1.90. The van der Waals surface area contributed by atoms with E-state index in [0.717, 1.165) is 16.5 Å². The van der Waals surface area contributed by atoms with Gasteiger partial charge in [0.05, 0.1) is 0 Å². The minimum Gasteiger partial charge on any atom is -0.436 e. The Labute approximate surface area is 115 Å². The topological polar surface area (TPSA) is 47.9 Å². The fraction of sp³-hybridized carbons (Fsp3) is 0.0714. The van der Waals surface area contributed by atoms with E-state index in [0.29, 0.717) is 11.6 Å². The number of hydrogen-bond donors (Lipinski definition) is 0. The highest BCUT2D eigenvalue weighted by atomic mass is 35.5. The number of nitrogens with zero attached hydrogens (tertiary/aromatic N) is 3. The molecule has 0 aliphatic rings. The summed E-state index contributed by atoms with van der Waals surface area (Å²) in [6.07, 6.45) is 3.36. The second-order valence-electron chi connectivity index (χ2n) is 4.06. The molecule has 19 heavy (non-hydrogen) atoms. The number of aryl methyl sites for hydroxylation is 1. The van der Waals surface area contributed by atoms with Gasteiger partial charge in [-0.25, -0.2) is 4.98 Å². The molecule has 2 aromatic heterocycles. The molecule has 0 radical (unpaired) electrons. The van der Waals surface area contributed by atoms with Gasteiger partial charge in [-0.1, -0.05) is 18.2 Å². The lowest BCUT2D eigenvalue weighted by atomic mass is 10.2. The van der Waals surface area contributed by atoms with Crippen LogP contribution < -0.4 is 4.74 Å². The molecule has 0 unspecified atom stereocenters. The summed E-state index contributed by atoms with van der Waals surface area (Å²) in [5.41, 5.74) is 1.61. The van der Waals surface area contributed by atoms with Crippen LogP contribution in [0.2, 0.25) is 5.28 Å². The van der Waals surface area contributed by atoms with E-state index in [4.69, 9.17) is 16.3 Å². The molecular formula is C14H10ClN3O. The number of halogens is 1. The standard InChI is InChI=1S/C14H10ClN3O/c1-9-8-17-14(15)18-13(9)19-11-6-2-4-10-5-3-7-16-12(10)11/h2-8H,1H3. The lowest BCUT2D eigenvalue weighted by Crippen LogP contribution is -1.94. The van der Waals surface area contributed by atoms with Crippen LogP contribution >= 0.6 is 11.6 Å². The van der Waals surface area contributed by atoms with Crippen molar-refractivity contribution in [2.24, 2.45) is 0 Å². The number of para-hydroxylation sites is 1. The molecule has 5 heteroatoms. The largest absolute Gasteiger partial charge is 0.436 e. The van der Waals surface area contributed by atoms with E-state index in [2.05, 4.69) is 15.0 Å². The molecule has 3 aromatic rings. The van der Waals surface area contributed by atoms with Crippen molar-refractivity contribution in [3.63, 3.8) is 0 Å². The van der Waals surface area contributed by atoms with E-state index < -0.39 is 0 Å². The SMILES string of the molecule is Cc1cnc(Cl)nc1Oc1cccc2cccnc12. The summed E-state index contributed by atoms with van der Waals surface area (Å²) in [7, 11) is 0. The summed E-state index contributed by atoms with van der Waals surface area (Å²) in [5, 5.41) is 1.17. The van der Waals surface area contributed by atoms with Gasteiger partial charge < -0.3 is 4.74 Å². The van der Waals surface area contributed by atoms with Crippen LogP contribution in [0.4, 0.5) is 0 Å². The second kappa shape index (κ2) is 4.82. The average molecular weight is 272 g/mol. The Morgan fingerprint density at radius 3 is 2.84 bits per heavy atom. The molecule has 3 rings (SSSR count). The van der Waals surface area contributed by atoms with Gasteiger partial charge in [0.25, 0.3) is 0 Å². The van der Waals surface area contributed by atoms with Crippen molar-refractivity contribution in [3.05, 3.63) is 53.6 Å². The highest BCUT2D eigenvalue weighted by Crippen LogP contribution is 2.29. The Hall–Kier alpha value is -2.20. The predicted molar refractivity (Wildman–Crippen MR) is 73.6 cm³/mol. The van der Waals surface area contributed by atoms with Crippen LogP contribution in [0.3, 0.4) is 0 Å². The highest BCUT2D eigenvalue weighted by molar-refractivity contribution is 6.28. The Morgan fingerprint density at radius 1 is 1.11 bits per heavy atom. The van der Waals surface area contributed by atoms with Crippen molar-refractivity contribution in [3.8, 4) is 11.6 Å². The van der Waals surface area contributed by atoms with E-state index in [1.807, 2.05) is 37.3 Å². The van der Waals surface area contributed by atoms with E-state index in [1.54, 1.807) is 12.4 Å². The molecule has 0 bridgehead atoms. The average Bonchev–Trinajstić information content (AvgIpc) is 2.43. The maximum absolute atomic E-state index is 5.81. The molecule has 0 spiro atoms. The van der Waals surface area contributed by atoms with Crippen molar-refractivity contribution >= 4 is 22.5 Å². The van der Waals surface area contributed by atoms with Crippen LogP contribution in [0.1, 0.15) is 5.56 Å². The van der Waals surface area contributed by atoms with Crippen molar-refractivity contribution in [1.29, 1.82) is 0 Å². The van der Waals surface area contributed by atoms with E-state index in [1.165, 1.54) is 0 Å². The van der Waals surface area contributed by atoms with Gasteiger partial charge in [-0.15, -0.1) is 0 Å². The van der Waals surface area contributed by atoms with Crippen molar-refractivity contribution < 1.29 is 4.74 Å². The first-order chi connectivity index (χ1) is 9.24. The second-order valence-corrected chi connectivity index (χ2v) is 4.40. The van der Waals surface area contributed by atoms with Crippen LogP contribution in [0.15, 0.2) is 42.7 Å². The number of hydrogen-bond acceptors (Lipinski definition) is 4. The lowest BCUT2D eigenvalue weighted by Gasteiger charge is -2.09. The Balaban J connectivity index is 2.08. The summed E-state index contributed by atoms with van der Waals surface area (Å²) in [6, 6.07) is 9.62. The van der Waals surface area contributed by atoms with Gasteiger partial charge in [0, 0.05) is 23.3 Å². The molecule has 0 N–H and O–H groups in total. The van der Waals surface area contributed by atoms with Crippen LogP contribution in [0.5, 0.6) is 11.6 Å². The smallest absolute Gasteiger partial charge is 0.226 e. The number of rotatable bonds is 2. The Bertz CT molecular complexity index is 740. The van der Waals surface area contributed by atoms with Crippen LogP contribution in [0.25, 0.3) is 10.9 Å². The van der Waals surface area contributed by atoms with Crippen LogP contribution in [-0.2, 0) is 0 Å². The van der Waals surface area contributed by atoms with Gasteiger partial charge in [0.1, 0.15) is 5.52 Å². The molecule has 0 saturated carbocycles. The fourth-order valence-electron chi connectivity index (χ4n) is 1.77. The molecule has 2 heterocycles. The Kier molecular flexibility index (Phi) is 3.01. The lowest BCUT2D eigenvalue weighted by molar-refractivity contribution is 0.461. The van der Waals surface area contributed by atoms with Gasteiger partial charge in [-0.3, -0.25) is 4.98 Å². The molecule has 0 amide bonds. The van der Waals surface area contributed by atoms with Gasteiger partial charge in [0.15, 0.2) is 5.75 Å². The maximum Gasteiger partial charge on any atom is 0.226 e. The van der Waals surface area contributed by atoms with Crippen molar-refractivity contribution in [2.75, 3.05) is 0 Å². The quantitative estimate of drug-likeness (QED) is 0.666. The van der Waals surface area contributed by atoms with E-state index in [9.17, 15) is 0 Å². The first-order valence-electron chi connectivity index (χ1n) is 5.75. The third-order valence-electron chi connectivity index (χ3n) is 2.70. The number of pyridine rings is 1. The summed E-state index contributed by atoms with van der Waals surface area (Å²) in [4.78, 5) is 12.3. The number of benzene rings is 1. The first-order valence-corrected chi connectivity index (χ1v) is 6.12. The zero-order valence-corrected chi connectivity index (χ0v) is 10.9. The zero-order chi connectivity index (χ0) is 13.2. The van der Waals surface area contributed by atoms with Crippen LogP contribution in [-0.4, -0.2) is 15.0 Å². The molecular weight excluding hydrogens is 262 g/mol. The molecule has 0 fully saturated rings. The normalized spacial score (nSPS) is 10.6. The molecule has 4 nitrogen and oxygen atoms in total. The zero-order valence-electron chi connectivity index (χ0n) is 10.2. The molecule has 0 atom stereocenters. The summed E-state index contributed by atoms with van der Waals surface area (Å²) >= 11 is 5.78.